The molecule has 17 heavy (non-hydrogen) atoms. The molecular formula is C13H16O3Zn. The number of para-hydroxylation sites is 1. The first-order valence-electron chi connectivity index (χ1n) is 5.93. The molecule has 3 nitrogen and oxygen atoms in total. The van der Waals surface area contributed by atoms with E-state index in [2.05, 4.69) is 0 Å². The summed E-state index contributed by atoms with van der Waals surface area (Å²) in [7, 11) is 0. The molecule has 0 atom stereocenters. The van der Waals surface area contributed by atoms with E-state index in [1.165, 1.54) is 37.5 Å². The minimum absolute atomic E-state index is 0.178. The molecule has 1 fully saturated rings. The van der Waals surface area contributed by atoms with Crippen LogP contribution in [0.25, 0.3) is 0 Å². The Kier molecular flexibility index (Phi) is 6.20. The molecular weight excluding hydrogens is 270 g/mol. The average molecular weight is 286 g/mol. The van der Waals surface area contributed by atoms with Gasteiger partial charge in [0, 0.05) is 5.56 Å². The van der Waals surface area contributed by atoms with Crippen LogP contribution >= 0.6 is 0 Å². The van der Waals surface area contributed by atoms with Crippen LogP contribution in [0.15, 0.2) is 24.3 Å². The predicted octanol–water partition coefficient (Wildman–Crippen LogP) is 2.04. The van der Waals surface area contributed by atoms with Crippen molar-refractivity contribution in [2.24, 2.45) is 0 Å². The van der Waals surface area contributed by atoms with Gasteiger partial charge in [-0.15, -0.1) is 0 Å². The number of rotatable bonds is 1. The molecule has 1 aromatic rings. The van der Waals surface area contributed by atoms with Gasteiger partial charge in [-0.05, 0) is 12.1 Å². The van der Waals surface area contributed by atoms with Crippen molar-refractivity contribution in [1.29, 1.82) is 0 Å². The van der Waals surface area contributed by atoms with Crippen LogP contribution in [-0.2, 0) is 18.3 Å². The number of hydrogen-bond donors (Lipinski definition) is 1. The quantitative estimate of drug-likeness (QED) is 0.803. The molecule has 1 aliphatic rings. The van der Waals surface area contributed by atoms with E-state index in [1.54, 1.807) is 37.2 Å². The van der Waals surface area contributed by atoms with E-state index in [0.717, 1.165) is 4.51 Å². The summed E-state index contributed by atoms with van der Waals surface area (Å²) in [4.78, 5) is 10.2. The Bertz CT molecular complexity index is 359. The van der Waals surface area contributed by atoms with Crippen molar-refractivity contribution in [2.75, 3.05) is 0 Å². The van der Waals surface area contributed by atoms with Gasteiger partial charge in [0.05, 0.1) is 5.97 Å². The molecule has 0 spiro atoms. The van der Waals surface area contributed by atoms with E-state index in [1.807, 2.05) is 0 Å². The van der Waals surface area contributed by atoms with E-state index in [4.69, 9.17) is 5.11 Å². The van der Waals surface area contributed by atoms with Crippen LogP contribution in [0.1, 0.15) is 42.5 Å². The second kappa shape index (κ2) is 7.44. The standard InChI is InChI=1S/C7H6O3.C6H11.Zn/c8-6-4-2-1-3-5(6)7(9)10;1-2-4-6-5-3-1;/h1-4,8H,(H,9,10);1H,2-6H2;/q;;+1/p-1. The third-order valence-corrected chi connectivity index (χ3v) is 4.56. The first kappa shape index (κ1) is 14.2. The number of carbonyl (C=O) groups excluding carboxylic acids is 1. The maximum atomic E-state index is 10.2. The Labute approximate surface area is 112 Å². The molecule has 1 N–H and O–H groups in total. The van der Waals surface area contributed by atoms with Gasteiger partial charge in [0.25, 0.3) is 0 Å². The Morgan fingerprint density at radius 3 is 2.18 bits per heavy atom. The fourth-order valence-electron chi connectivity index (χ4n) is 1.83. The fourth-order valence-corrected chi connectivity index (χ4v) is 3.04. The van der Waals surface area contributed by atoms with Crippen LogP contribution in [0.3, 0.4) is 0 Å². The first-order chi connectivity index (χ1) is 8.11. The number of carboxylic acid groups (broad SMARTS) is 1. The van der Waals surface area contributed by atoms with Gasteiger partial charge in [0.2, 0.25) is 0 Å². The van der Waals surface area contributed by atoms with Gasteiger partial charge in [0.1, 0.15) is 5.75 Å². The number of aromatic carboxylic acids is 1. The number of carboxylic acids is 1. The molecule has 1 saturated carbocycles. The zero-order valence-corrected chi connectivity index (χ0v) is 12.9. The zero-order chi connectivity index (χ0) is 12.7. The van der Waals surface area contributed by atoms with Gasteiger partial charge < -0.3 is 15.0 Å². The third kappa shape index (κ3) is 5.31. The number of aromatic hydroxyl groups is 1. The summed E-state index contributed by atoms with van der Waals surface area (Å²) in [6, 6.07) is 5.64. The van der Waals surface area contributed by atoms with Crippen LogP contribution in [0.5, 0.6) is 5.75 Å². The van der Waals surface area contributed by atoms with E-state index >= 15 is 0 Å². The molecule has 4 heteroatoms. The molecule has 0 amide bonds. The van der Waals surface area contributed by atoms with Crippen molar-refractivity contribution in [3.8, 4) is 5.75 Å². The van der Waals surface area contributed by atoms with Crippen molar-refractivity contribution < 1.29 is 33.3 Å². The van der Waals surface area contributed by atoms with Gasteiger partial charge in [-0.25, -0.2) is 0 Å². The predicted molar refractivity (Wildman–Crippen MR) is 59.3 cm³/mol. The molecule has 0 saturated heterocycles. The van der Waals surface area contributed by atoms with Crippen molar-refractivity contribution in [3.05, 3.63) is 29.8 Å². The molecule has 0 aliphatic heterocycles. The van der Waals surface area contributed by atoms with Crippen LogP contribution in [0, 0.1) is 0 Å². The molecule has 1 aliphatic carbocycles. The Morgan fingerprint density at radius 2 is 1.82 bits per heavy atom. The first-order valence-corrected chi connectivity index (χ1v) is 7.65. The van der Waals surface area contributed by atoms with Crippen molar-refractivity contribution in [3.63, 3.8) is 0 Å². The third-order valence-electron chi connectivity index (χ3n) is 2.85. The Balaban J connectivity index is 0.000000181. The molecule has 0 aromatic heterocycles. The molecule has 1 aromatic carbocycles. The van der Waals surface area contributed by atoms with Crippen molar-refractivity contribution in [1.82, 2.24) is 0 Å². The van der Waals surface area contributed by atoms with Crippen molar-refractivity contribution >= 4 is 5.97 Å². The van der Waals surface area contributed by atoms with E-state index in [9.17, 15) is 9.90 Å². The molecule has 2 rings (SSSR count). The fraction of sp³-hybridized carbons (Fsp3) is 0.462. The number of phenols is 1. The maximum absolute atomic E-state index is 10.2. The van der Waals surface area contributed by atoms with Crippen molar-refractivity contribution in [2.45, 2.75) is 36.6 Å². The Morgan fingerprint density at radius 1 is 1.24 bits per heavy atom. The normalized spacial score (nSPS) is 15.9. The van der Waals surface area contributed by atoms with Gasteiger partial charge in [0.15, 0.2) is 0 Å². The van der Waals surface area contributed by atoms with E-state index in [0.29, 0.717) is 0 Å². The number of carbonyl (C=O) groups is 1. The zero-order valence-electron chi connectivity index (χ0n) is 9.89. The summed E-state index contributed by atoms with van der Waals surface area (Å²) >= 11 is 1.54. The van der Waals surface area contributed by atoms with Crippen LogP contribution in [0.2, 0.25) is 4.51 Å². The molecule has 0 radical (unpaired) electrons. The van der Waals surface area contributed by atoms with E-state index < -0.39 is 5.97 Å². The summed E-state index contributed by atoms with van der Waals surface area (Å²) in [5.41, 5.74) is -0.178. The van der Waals surface area contributed by atoms with Gasteiger partial charge >= 0.3 is 54.9 Å². The van der Waals surface area contributed by atoms with Crippen LogP contribution < -0.4 is 5.11 Å². The van der Waals surface area contributed by atoms with Crippen LogP contribution in [0.4, 0.5) is 0 Å². The van der Waals surface area contributed by atoms with Gasteiger partial charge in [-0.3, -0.25) is 0 Å². The SMILES string of the molecule is O=C([O-])c1ccccc1O.[Zn+][CH]1CCCCC1. The van der Waals surface area contributed by atoms with Gasteiger partial charge in [-0.1, -0.05) is 12.1 Å². The Hall–Kier alpha value is -0.887. The summed E-state index contributed by atoms with van der Waals surface area (Å²) in [5, 5.41) is 19.0. The monoisotopic (exact) mass is 284 g/mol. The second-order valence-electron chi connectivity index (χ2n) is 4.31. The van der Waals surface area contributed by atoms with E-state index in [-0.39, 0.29) is 11.3 Å². The number of benzene rings is 1. The molecule has 0 heterocycles. The molecule has 0 bridgehead atoms. The number of hydrogen-bond acceptors (Lipinski definition) is 3. The summed E-state index contributed by atoms with van der Waals surface area (Å²) < 4.78 is 1.16. The summed E-state index contributed by atoms with van der Waals surface area (Å²) in [6.45, 7) is 0. The minimum atomic E-state index is -1.36. The summed E-state index contributed by atoms with van der Waals surface area (Å²) in [5.74, 6) is -1.62. The van der Waals surface area contributed by atoms with Gasteiger partial charge in [-0.2, -0.15) is 0 Å². The van der Waals surface area contributed by atoms with Crippen LogP contribution in [-0.4, -0.2) is 11.1 Å². The molecule has 0 unspecified atom stereocenters. The summed E-state index contributed by atoms with van der Waals surface area (Å²) in [6.07, 6.45) is 7.63. The topological polar surface area (TPSA) is 60.4 Å². The second-order valence-corrected chi connectivity index (χ2v) is 6.73. The average Bonchev–Trinajstić information content (AvgIpc) is 2.31. The molecule has 88 valence electrons.